The Morgan fingerprint density at radius 2 is 1.93 bits per heavy atom. The van der Waals surface area contributed by atoms with Gasteiger partial charge in [0.1, 0.15) is 16.8 Å². The van der Waals surface area contributed by atoms with Gasteiger partial charge in [-0.1, -0.05) is 23.7 Å². The predicted octanol–water partition coefficient (Wildman–Crippen LogP) is 6.70. The van der Waals surface area contributed by atoms with Crippen LogP contribution < -0.4 is 20.7 Å². The summed E-state index contributed by atoms with van der Waals surface area (Å²) in [4.78, 5) is 27.8. The van der Waals surface area contributed by atoms with Crippen LogP contribution in [0.2, 0.25) is 5.02 Å². The van der Waals surface area contributed by atoms with E-state index in [2.05, 4.69) is 49.1 Å². The molecule has 1 saturated heterocycles. The third-order valence-electron chi connectivity index (χ3n) is 7.78. The predicted molar refractivity (Wildman–Crippen MR) is 166 cm³/mol. The fourth-order valence-corrected chi connectivity index (χ4v) is 5.53. The zero-order chi connectivity index (χ0) is 29.6. The monoisotopic (exact) mass is 594 g/mol. The van der Waals surface area contributed by atoms with Crippen LogP contribution in [0, 0.1) is 17.2 Å². The number of nitrogens with one attached hydrogen (secondary N) is 3. The maximum Gasteiger partial charge on any atom is 0.321 e. The van der Waals surface area contributed by atoms with Gasteiger partial charge in [0.05, 0.1) is 35.9 Å². The molecule has 10 nitrogen and oxygen atoms in total. The third kappa shape index (κ3) is 6.96. The van der Waals surface area contributed by atoms with Gasteiger partial charge in [-0.3, -0.25) is 4.98 Å². The van der Waals surface area contributed by atoms with Crippen LogP contribution in [0.3, 0.4) is 0 Å². The molecular weight excluding hydrogens is 564 g/mol. The van der Waals surface area contributed by atoms with Crippen molar-refractivity contribution in [2.75, 3.05) is 35.6 Å². The van der Waals surface area contributed by atoms with E-state index < -0.39 is 0 Å². The molecule has 6 bridgehead atoms. The Morgan fingerprint density at radius 3 is 2.79 bits per heavy atom. The maximum atomic E-state index is 12.8. The van der Waals surface area contributed by atoms with Crippen LogP contribution in [0.25, 0.3) is 0 Å². The second-order valence-corrected chi connectivity index (χ2v) is 11.1. The molecule has 3 N–H and O–H groups in total. The van der Waals surface area contributed by atoms with E-state index in [1.165, 1.54) is 0 Å². The quantitative estimate of drug-likeness (QED) is 0.233. The van der Waals surface area contributed by atoms with Crippen molar-refractivity contribution in [1.82, 2.24) is 19.9 Å². The first-order valence-corrected chi connectivity index (χ1v) is 14.7. The first-order valence-electron chi connectivity index (χ1n) is 14.4. The molecule has 2 aliphatic heterocycles. The Hall–Kier alpha value is -4.88. The summed E-state index contributed by atoms with van der Waals surface area (Å²) in [5.41, 5.74) is 4.84. The highest BCUT2D eigenvalue weighted by molar-refractivity contribution is 6.32. The number of nitriles is 1. The molecule has 0 unspecified atom stereocenters. The molecule has 0 saturated carbocycles. The summed E-state index contributed by atoms with van der Waals surface area (Å²) in [5, 5.41) is 19.1. The van der Waals surface area contributed by atoms with Crippen LogP contribution in [0.4, 0.5) is 33.6 Å². The van der Waals surface area contributed by atoms with Crippen LogP contribution in [-0.4, -0.2) is 45.6 Å². The molecule has 1 fully saturated rings. The summed E-state index contributed by atoms with van der Waals surface area (Å²) in [6.07, 6.45) is 9.47. The first kappa shape index (κ1) is 28.2. The Labute approximate surface area is 255 Å². The lowest BCUT2D eigenvalue weighted by Crippen LogP contribution is -2.41. The molecule has 4 aromatic rings. The van der Waals surface area contributed by atoms with Gasteiger partial charge < -0.3 is 25.6 Å². The fraction of sp³-hybridized carbons (Fsp3) is 0.281. The lowest BCUT2D eigenvalue weighted by Gasteiger charge is -2.32. The zero-order valence-electron chi connectivity index (χ0n) is 23.5. The normalized spacial score (nSPS) is 14.6. The van der Waals surface area contributed by atoms with E-state index in [0.717, 1.165) is 60.4 Å². The van der Waals surface area contributed by atoms with E-state index in [1.807, 2.05) is 29.3 Å². The molecular formula is C32H31ClN8O2. The summed E-state index contributed by atoms with van der Waals surface area (Å²) < 4.78 is 6.34. The number of carbonyl (C=O) groups excluding carboxylic acids is 1. The van der Waals surface area contributed by atoms with Crippen molar-refractivity contribution < 1.29 is 9.53 Å². The summed E-state index contributed by atoms with van der Waals surface area (Å²) in [6.45, 7) is 1.94. The van der Waals surface area contributed by atoms with Gasteiger partial charge in [-0.15, -0.1) is 0 Å². The van der Waals surface area contributed by atoms with Gasteiger partial charge in [0.2, 0.25) is 5.95 Å². The van der Waals surface area contributed by atoms with E-state index in [-0.39, 0.29) is 6.03 Å². The number of aromatic nitrogens is 3. The zero-order valence-corrected chi connectivity index (χ0v) is 24.3. The van der Waals surface area contributed by atoms with Crippen LogP contribution in [0.5, 0.6) is 5.75 Å². The van der Waals surface area contributed by atoms with Gasteiger partial charge in [-0.2, -0.15) is 10.2 Å². The number of fused-ring (bicyclic) bond motifs is 6. The molecule has 2 aromatic heterocycles. The molecule has 43 heavy (non-hydrogen) atoms. The minimum atomic E-state index is -0.165. The SMILES string of the molecule is N#Cc1ccccc1NC(=O)N1CCC(CCOc2ccc3cc2CCc2cncc(c2)Nc2ncc(Cl)c(n2)N3)CC1. The van der Waals surface area contributed by atoms with E-state index in [4.69, 9.17) is 16.3 Å². The van der Waals surface area contributed by atoms with E-state index in [1.54, 1.807) is 30.6 Å². The van der Waals surface area contributed by atoms with Crippen LogP contribution in [-0.2, 0) is 12.8 Å². The molecule has 0 atom stereocenters. The Kier molecular flexibility index (Phi) is 8.52. The molecule has 6 rings (SSSR count). The van der Waals surface area contributed by atoms with Crippen molar-refractivity contribution in [2.45, 2.75) is 32.1 Å². The second kappa shape index (κ2) is 13.0. The number of pyridine rings is 1. The average molecular weight is 595 g/mol. The summed E-state index contributed by atoms with van der Waals surface area (Å²) >= 11 is 6.39. The van der Waals surface area contributed by atoms with Crippen molar-refractivity contribution in [3.8, 4) is 11.8 Å². The number of ether oxygens (including phenoxy) is 1. The molecule has 11 heteroatoms. The average Bonchev–Trinajstić information content (AvgIpc) is 3.03. The number of aryl methyl sites for hydroxylation is 2. The molecule has 2 amide bonds. The van der Waals surface area contributed by atoms with E-state index in [9.17, 15) is 10.1 Å². The summed E-state index contributed by atoms with van der Waals surface area (Å²) in [5.74, 6) is 2.26. The molecule has 0 radical (unpaired) electrons. The van der Waals surface area contributed by atoms with Crippen LogP contribution in [0.1, 0.15) is 36.0 Å². The number of benzene rings is 2. The molecule has 0 spiro atoms. The lowest BCUT2D eigenvalue weighted by molar-refractivity contribution is 0.170. The molecule has 0 aliphatic carbocycles. The first-order chi connectivity index (χ1) is 21.0. The number of hydrogen-bond acceptors (Lipinski definition) is 8. The Balaban J connectivity index is 1.07. The highest BCUT2D eigenvalue weighted by Crippen LogP contribution is 2.31. The van der Waals surface area contributed by atoms with Gasteiger partial charge in [-0.25, -0.2) is 9.78 Å². The van der Waals surface area contributed by atoms with Crippen molar-refractivity contribution >= 4 is 46.5 Å². The van der Waals surface area contributed by atoms with Gasteiger partial charge in [0.25, 0.3) is 0 Å². The van der Waals surface area contributed by atoms with Gasteiger partial charge in [-0.05, 0) is 85.5 Å². The number of urea groups is 1. The Bertz CT molecular complexity index is 1670. The number of carbonyl (C=O) groups is 1. The van der Waals surface area contributed by atoms with Crippen molar-refractivity contribution in [2.24, 2.45) is 5.92 Å². The fourth-order valence-electron chi connectivity index (χ4n) is 5.39. The standard InChI is InChI=1S/C32H31ClN8O2/c33-27-20-36-31-38-26-15-22(18-35-19-26)5-6-23-16-25(37-30(27)40-31)7-8-29(23)43-14-11-21-9-12-41(13-10-21)32(42)39-28-4-2-1-3-24(28)17-34/h1-4,7-8,15-16,18-21H,5-6,9-14H2,(H,39,42)(H2,36,37,38,40). The lowest BCUT2D eigenvalue weighted by atomic mass is 9.94. The molecule has 2 aromatic carbocycles. The molecule has 218 valence electrons. The largest absolute Gasteiger partial charge is 0.493 e. The number of amides is 2. The third-order valence-corrected chi connectivity index (χ3v) is 8.05. The number of likely N-dealkylation sites (tertiary alicyclic amines) is 1. The van der Waals surface area contributed by atoms with Crippen molar-refractivity contribution in [3.05, 3.63) is 88.8 Å². The number of rotatable bonds is 5. The summed E-state index contributed by atoms with van der Waals surface area (Å²) in [7, 11) is 0. The van der Waals surface area contributed by atoms with Gasteiger partial charge in [0.15, 0.2) is 5.82 Å². The highest BCUT2D eigenvalue weighted by atomic mass is 35.5. The number of piperidine rings is 1. The number of para-hydroxylation sites is 1. The smallest absolute Gasteiger partial charge is 0.321 e. The van der Waals surface area contributed by atoms with Gasteiger partial charge in [0, 0.05) is 25.0 Å². The van der Waals surface area contributed by atoms with Crippen molar-refractivity contribution in [1.29, 1.82) is 5.26 Å². The number of halogens is 1. The Morgan fingerprint density at radius 1 is 1.07 bits per heavy atom. The van der Waals surface area contributed by atoms with Crippen LogP contribution in [0.15, 0.2) is 67.1 Å². The summed E-state index contributed by atoms with van der Waals surface area (Å²) in [6, 6.07) is 17.1. The molecule has 2 aliphatic rings. The number of nitrogens with zero attached hydrogens (tertiary/aromatic N) is 5. The minimum absolute atomic E-state index is 0.165. The van der Waals surface area contributed by atoms with E-state index in [0.29, 0.717) is 53.7 Å². The molecule has 4 heterocycles. The van der Waals surface area contributed by atoms with Crippen molar-refractivity contribution in [3.63, 3.8) is 0 Å². The maximum absolute atomic E-state index is 12.8. The topological polar surface area (TPSA) is 128 Å². The van der Waals surface area contributed by atoms with Gasteiger partial charge >= 0.3 is 6.03 Å². The number of hydrogen-bond donors (Lipinski definition) is 3. The minimum Gasteiger partial charge on any atom is -0.493 e. The second-order valence-electron chi connectivity index (χ2n) is 10.7. The van der Waals surface area contributed by atoms with E-state index >= 15 is 0 Å². The van der Waals surface area contributed by atoms with Crippen LogP contribution >= 0.6 is 11.6 Å². The number of anilines is 5. The highest BCUT2D eigenvalue weighted by Gasteiger charge is 2.23.